The van der Waals surface area contributed by atoms with Crippen LogP contribution in [0, 0.1) is 0 Å². The third-order valence-electron chi connectivity index (χ3n) is 3.71. The highest BCUT2D eigenvalue weighted by Gasteiger charge is 2.22. The van der Waals surface area contributed by atoms with Crippen LogP contribution in [-0.2, 0) is 17.6 Å². The number of aromatic hydroxyl groups is 1. The molecule has 0 aliphatic heterocycles. The Labute approximate surface area is 160 Å². The average molecular weight is 394 g/mol. The monoisotopic (exact) mass is 393 g/mol. The van der Waals surface area contributed by atoms with E-state index in [0.717, 1.165) is 5.56 Å². The van der Waals surface area contributed by atoms with E-state index in [1.807, 2.05) is 0 Å². The molecule has 0 aliphatic rings. The Morgan fingerprint density at radius 1 is 1.12 bits per heavy atom. The van der Waals surface area contributed by atoms with Crippen LogP contribution in [0.25, 0.3) is 0 Å². The molecule has 0 heterocycles. The third kappa shape index (κ3) is 5.25. The zero-order valence-electron chi connectivity index (χ0n) is 13.7. The Hall–Kier alpha value is -2.50. The number of phenolic OH excluding ortho intramolecular Hbond substituents is 1. The summed E-state index contributed by atoms with van der Waals surface area (Å²) >= 11 is 11.8. The smallest absolute Gasteiger partial charge is 0.326 e. The van der Waals surface area contributed by atoms with Gasteiger partial charge in [0.1, 0.15) is 11.8 Å². The summed E-state index contributed by atoms with van der Waals surface area (Å²) in [6.07, 6.45) is 2.17. The first-order chi connectivity index (χ1) is 12.3. The van der Waals surface area contributed by atoms with Crippen molar-refractivity contribution in [2.45, 2.75) is 18.9 Å². The van der Waals surface area contributed by atoms with Gasteiger partial charge < -0.3 is 15.5 Å². The number of carbonyl (C=O) groups is 2. The number of carbonyl (C=O) groups excluding carboxylic acids is 1. The fourth-order valence-electron chi connectivity index (χ4n) is 2.50. The standard InChI is InChI=1S/C19H17Cl2NO4/c1-2-3-11-8-16(23)5-4-12(11)9-17(19(25)26)22-18(24)13-6-14(20)10-15(21)7-13/h2,4-8,10,17,23H,1,3,9H2,(H,22,24)(H,25,26)/t17-/m0/s1. The van der Waals surface area contributed by atoms with E-state index in [1.54, 1.807) is 18.2 Å². The summed E-state index contributed by atoms with van der Waals surface area (Å²) in [7, 11) is 0. The van der Waals surface area contributed by atoms with E-state index in [0.29, 0.717) is 12.0 Å². The van der Waals surface area contributed by atoms with Crippen LogP contribution in [0.15, 0.2) is 49.1 Å². The van der Waals surface area contributed by atoms with Crippen molar-refractivity contribution in [3.05, 3.63) is 75.8 Å². The molecule has 1 atom stereocenters. The zero-order valence-corrected chi connectivity index (χ0v) is 15.2. The highest BCUT2D eigenvalue weighted by molar-refractivity contribution is 6.35. The van der Waals surface area contributed by atoms with Crippen molar-refractivity contribution >= 4 is 35.1 Å². The van der Waals surface area contributed by atoms with Crippen LogP contribution < -0.4 is 5.32 Å². The van der Waals surface area contributed by atoms with Gasteiger partial charge >= 0.3 is 5.97 Å². The van der Waals surface area contributed by atoms with Crippen molar-refractivity contribution in [1.82, 2.24) is 5.32 Å². The number of halogens is 2. The van der Waals surface area contributed by atoms with Crippen LogP contribution in [0.1, 0.15) is 21.5 Å². The van der Waals surface area contributed by atoms with E-state index >= 15 is 0 Å². The van der Waals surface area contributed by atoms with E-state index < -0.39 is 17.9 Å². The Morgan fingerprint density at radius 3 is 2.35 bits per heavy atom. The molecule has 5 nitrogen and oxygen atoms in total. The Balaban J connectivity index is 2.23. The van der Waals surface area contributed by atoms with Gasteiger partial charge in [-0.25, -0.2) is 4.79 Å². The molecule has 2 aromatic carbocycles. The lowest BCUT2D eigenvalue weighted by Gasteiger charge is -2.17. The zero-order chi connectivity index (χ0) is 19.3. The molecule has 2 aromatic rings. The van der Waals surface area contributed by atoms with Crippen molar-refractivity contribution < 1.29 is 19.8 Å². The van der Waals surface area contributed by atoms with Gasteiger partial charge in [0.25, 0.3) is 5.91 Å². The molecule has 136 valence electrons. The quantitative estimate of drug-likeness (QED) is 0.623. The van der Waals surface area contributed by atoms with E-state index in [1.165, 1.54) is 24.3 Å². The Bertz CT molecular complexity index is 831. The van der Waals surface area contributed by atoms with Gasteiger partial charge in [-0.2, -0.15) is 0 Å². The molecule has 1 amide bonds. The molecule has 0 radical (unpaired) electrons. The van der Waals surface area contributed by atoms with Crippen LogP contribution in [0.2, 0.25) is 10.0 Å². The number of hydrogen-bond donors (Lipinski definition) is 3. The second-order valence-corrected chi connectivity index (χ2v) is 6.55. The maximum absolute atomic E-state index is 12.4. The summed E-state index contributed by atoms with van der Waals surface area (Å²) in [6, 6.07) is 7.79. The summed E-state index contributed by atoms with van der Waals surface area (Å²) in [5, 5.41) is 22.1. The minimum absolute atomic E-state index is 0.0544. The van der Waals surface area contributed by atoms with Gasteiger partial charge in [0.05, 0.1) is 0 Å². The molecule has 0 unspecified atom stereocenters. The summed E-state index contributed by atoms with van der Waals surface area (Å²) in [5.74, 6) is -1.69. The van der Waals surface area contributed by atoms with Crippen molar-refractivity contribution in [3.63, 3.8) is 0 Å². The van der Waals surface area contributed by atoms with Gasteiger partial charge in [0, 0.05) is 22.0 Å². The molecule has 0 aromatic heterocycles. The first-order valence-corrected chi connectivity index (χ1v) is 8.47. The van der Waals surface area contributed by atoms with Gasteiger partial charge in [-0.05, 0) is 47.9 Å². The molecule has 26 heavy (non-hydrogen) atoms. The number of rotatable bonds is 7. The van der Waals surface area contributed by atoms with Crippen LogP contribution >= 0.6 is 23.2 Å². The summed E-state index contributed by atoms with van der Waals surface area (Å²) < 4.78 is 0. The van der Waals surface area contributed by atoms with Gasteiger partial charge in [-0.15, -0.1) is 6.58 Å². The van der Waals surface area contributed by atoms with E-state index in [2.05, 4.69) is 11.9 Å². The lowest BCUT2D eigenvalue weighted by atomic mass is 9.97. The molecule has 0 saturated heterocycles. The van der Waals surface area contributed by atoms with Crippen LogP contribution in [0.5, 0.6) is 5.75 Å². The van der Waals surface area contributed by atoms with Gasteiger partial charge in [0.2, 0.25) is 0 Å². The van der Waals surface area contributed by atoms with E-state index in [4.69, 9.17) is 23.2 Å². The number of carboxylic acid groups (broad SMARTS) is 1. The highest BCUT2D eigenvalue weighted by atomic mass is 35.5. The number of benzene rings is 2. The second kappa shape index (κ2) is 8.74. The number of amides is 1. The molecule has 0 aliphatic carbocycles. The number of hydrogen-bond acceptors (Lipinski definition) is 3. The van der Waals surface area contributed by atoms with Gasteiger partial charge in [0.15, 0.2) is 0 Å². The van der Waals surface area contributed by atoms with E-state index in [9.17, 15) is 19.8 Å². The number of aliphatic carboxylic acids is 1. The topological polar surface area (TPSA) is 86.6 Å². The number of carboxylic acids is 1. The molecule has 0 fully saturated rings. The summed E-state index contributed by atoms with van der Waals surface area (Å²) in [5.41, 5.74) is 1.61. The fraction of sp³-hybridized carbons (Fsp3) is 0.158. The Kier molecular flexibility index (Phi) is 6.66. The summed E-state index contributed by atoms with van der Waals surface area (Å²) in [4.78, 5) is 24.0. The van der Waals surface area contributed by atoms with Crippen molar-refractivity contribution in [1.29, 1.82) is 0 Å². The fourth-order valence-corrected chi connectivity index (χ4v) is 3.03. The number of nitrogens with one attached hydrogen (secondary N) is 1. The minimum atomic E-state index is -1.18. The Morgan fingerprint density at radius 2 is 1.77 bits per heavy atom. The van der Waals surface area contributed by atoms with Crippen LogP contribution in [-0.4, -0.2) is 28.1 Å². The number of allylic oxidation sites excluding steroid dienone is 1. The molecular formula is C19H17Cl2NO4. The lowest BCUT2D eigenvalue weighted by Crippen LogP contribution is -2.42. The van der Waals surface area contributed by atoms with Gasteiger partial charge in [-0.1, -0.05) is 35.3 Å². The maximum Gasteiger partial charge on any atom is 0.326 e. The largest absolute Gasteiger partial charge is 0.508 e. The molecular weight excluding hydrogens is 377 g/mol. The average Bonchev–Trinajstić information content (AvgIpc) is 2.55. The molecule has 7 heteroatoms. The predicted octanol–water partition coefficient (Wildman–Crippen LogP) is 3.85. The maximum atomic E-state index is 12.4. The first-order valence-electron chi connectivity index (χ1n) is 7.71. The first kappa shape index (κ1) is 19.8. The molecule has 0 spiro atoms. The summed E-state index contributed by atoms with van der Waals surface area (Å²) in [6.45, 7) is 3.65. The van der Waals surface area contributed by atoms with Crippen LogP contribution in [0.3, 0.4) is 0 Å². The highest BCUT2D eigenvalue weighted by Crippen LogP contribution is 2.21. The molecule has 0 saturated carbocycles. The molecule has 2 rings (SSSR count). The van der Waals surface area contributed by atoms with Crippen molar-refractivity contribution in [3.8, 4) is 5.75 Å². The SMILES string of the molecule is C=CCc1cc(O)ccc1C[C@H](NC(=O)c1cc(Cl)cc(Cl)c1)C(=O)O. The third-order valence-corrected chi connectivity index (χ3v) is 4.14. The van der Waals surface area contributed by atoms with Crippen molar-refractivity contribution in [2.75, 3.05) is 0 Å². The molecule has 3 N–H and O–H groups in total. The van der Waals surface area contributed by atoms with Gasteiger partial charge in [-0.3, -0.25) is 4.79 Å². The minimum Gasteiger partial charge on any atom is -0.508 e. The predicted molar refractivity (Wildman–Crippen MR) is 101 cm³/mol. The van der Waals surface area contributed by atoms with Crippen LogP contribution in [0.4, 0.5) is 0 Å². The van der Waals surface area contributed by atoms with Crippen molar-refractivity contribution in [2.24, 2.45) is 0 Å². The lowest BCUT2D eigenvalue weighted by molar-refractivity contribution is -0.139. The normalized spacial score (nSPS) is 11.6. The second-order valence-electron chi connectivity index (χ2n) is 5.67. The number of phenols is 1. The van der Waals surface area contributed by atoms with E-state index in [-0.39, 0.29) is 27.8 Å². The molecule has 0 bridgehead atoms.